The lowest BCUT2D eigenvalue weighted by Gasteiger charge is -2.13. The van der Waals surface area contributed by atoms with Crippen LogP contribution in [0.4, 0.5) is 9.18 Å². The van der Waals surface area contributed by atoms with Gasteiger partial charge in [-0.15, -0.1) is 0 Å². The molecule has 3 rings (SSSR count). The first-order valence-corrected chi connectivity index (χ1v) is 7.61. The number of amides is 4. The summed E-state index contributed by atoms with van der Waals surface area (Å²) in [7, 11) is 1.50. The van der Waals surface area contributed by atoms with Gasteiger partial charge in [-0.05, 0) is 36.4 Å². The lowest BCUT2D eigenvalue weighted by atomic mass is 10.2. The summed E-state index contributed by atoms with van der Waals surface area (Å²) in [4.78, 5) is 37.4. The normalized spacial score (nSPS) is 14.3. The highest BCUT2D eigenvalue weighted by molar-refractivity contribution is 6.04. The molecule has 130 valence electrons. The monoisotopic (exact) mass is 345 g/mol. The number of hydrogen-bond acceptors (Lipinski definition) is 4. The SMILES string of the molecule is CN1CC(=O)N(CC(=O)NCc2ccc(-c3ccc(F)cc3)o2)C1=O. The molecule has 1 aliphatic heterocycles. The second-order valence-electron chi connectivity index (χ2n) is 5.67. The van der Waals surface area contributed by atoms with Crippen LogP contribution < -0.4 is 5.32 Å². The minimum Gasteiger partial charge on any atom is -0.459 e. The lowest BCUT2D eigenvalue weighted by molar-refractivity contribution is -0.130. The first-order valence-electron chi connectivity index (χ1n) is 7.61. The first-order chi connectivity index (χ1) is 11.9. The van der Waals surface area contributed by atoms with Crippen LogP contribution in [0.1, 0.15) is 5.76 Å². The third-order valence-electron chi connectivity index (χ3n) is 3.78. The Morgan fingerprint density at radius 1 is 1.20 bits per heavy atom. The molecule has 0 unspecified atom stereocenters. The minimum absolute atomic E-state index is 0.0225. The van der Waals surface area contributed by atoms with E-state index >= 15 is 0 Å². The van der Waals surface area contributed by atoms with Crippen molar-refractivity contribution in [3.63, 3.8) is 0 Å². The van der Waals surface area contributed by atoms with Gasteiger partial charge >= 0.3 is 6.03 Å². The number of carbonyl (C=O) groups excluding carboxylic acids is 3. The number of likely N-dealkylation sites (N-methyl/N-ethyl adjacent to an activating group) is 1. The van der Waals surface area contributed by atoms with E-state index in [0.29, 0.717) is 11.5 Å². The predicted octanol–water partition coefficient (Wildman–Crippen LogP) is 1.60. The summed E-state index contributed by atoms with van der Waals surface area (Å²) in [5.74, 6) is -0.143. The largest absolute Gasteiger partial charge is 0.459 e. The number of hydrogen-bond donors (Lipinski definition) is 1. The molecule has 0 atom stereocenters. The Labute approximate surface area is 143 Å². The summed E-state index contributed by atoms with van der Waals surface area (Å²) in [6, 6.07) is 8.78. The molecule has 0 saturated carbocycles. The zero-order valence-electron chi connectivity index (χ0n) is 13.5. The Bertz CT molecular complexity index is 816. The van der Waals surface area contributed by atoms with Crippen LogP contribution >= 0.6 is 0 Å². The number of furan rings is 1. The van der Waals surface area contributed by atoms with Crippen LogP contribution in [0.15, 0.2) is 40.8 Å². The van der Waals surface area contributed by atoms with E-state index in [-0.39, 0.29) is 25.5 Å². The molecule has 0 spiro atoms. The van der Waals surface area contributed by atoms with E-state index in [0.717, 1.165) is 10.5 Å². The van der Waals surface area contributed by atoms with Gasteiger partial charge in [0.15, 0.2) is 0 Å². The van der Waals surface area contributed by atoms with Gasteiger partial charge in [0.1, 0.15) is 30.4 Å². The van der Waals surface area contributed by atoms with E-state index in [4.69, 9.17) is 4.42 Å². The second-order valence-corrected chi connectivity index (χ2v) is 5.67. The first kappa shape index (κ1) is 16.7. The fourth-order valence-corrected chi connectivity index (χ4v) is 2.45. The fraction of sp³-hybridized carbons (Fsp3) is 0.235. The fourth-order valence-electron chi connectivity index (χ4n) is 2.45. The molecule has 8 heteroatoms. The van der Waals surface area contributed by atoms with Crippen molar-refractivity contribution in [2.45, 2.75) is 6.54 Å². The molecule has 1 fully saturated rings. The van der Waals surface area contributed by atoms with Crippen molar-refractivity contribution in [3.8, 4) is 11.3 Å². The number of carbonyl (C=O) groups is 3. The van der Waals surface area contributed by atoms with Crippen LogP contribution in [-0.4, -0.2) is 47.8 Å². The highest BCUT2D eigenvalue weighted by Gasteiger charge is 2.34. The topological polar surface area (TPSA) is 82.9 Å². The second kappa shape index (κ2) is 6.76. The van der Waals surface area contributed by atoms with Gasteiger partial charge in [-0.2, -0.15) is 0 Å². The summed E-state index contributed by atoms with van der Waals surface area (Å²) < 4.78 is 18.5. The van der Waals surface area contributed by atoms with Crippen molar-refractivity contribution in [2.75, 3.05) is 20.1 Å². The highest BCUT2D eigenvalue weighted by atomic mass is 19.1. The lowest BCUT2D eigenvalue weighted by Crippen LogP contribution is -2.40. The van der Waals surface area contributed by atoms with Crippen LogP contribution in [0.2, 0.25) is 0 Å². The Kier molecular flexibility index (Phi) is 4.51. The zero-order chi connectivity index (χ0) is 18.0. The van der Waals surface area contributed by atoms with E-state index in [1.807, 2.05) is 0 Å². The van der Waals surface area contributed by atoms with Crippen LogP contribution in [-0.2, 0) is 16.1 Å². The van der Waals surface area contributed by atoms with Gasteiger partial charge < -0.3 is 14.6 Å². The average molecular weight is 345 g/mol. The van der Waals surface area contributed by atoms with Gasteiger partial charge in [0.25, 0.3) is 5.91 Å². The molecule has 2 heterocycles. The molecule has 1 saturated heterocycles. The standard InChI is InChI=1S/C17H16FN3O4/c1-20-10-16(23)21(17(20)24)9-15(22)19-8-13-6-7-14(25-13)11-2-4-12(18)5-3-11/h2-7H,8-10H2,1H3,(H,19,22). The molecule has 0 aliphatic carbocycles. The van der Waals surface area contributed by atoms with Gasteiger partial charge in [-0.3, -0.25) is 14.5 Å². The number of halogens is 1. The highest BCUT2D eigenvalue weighted by Crippen LogP contribution is 2.22. The van der Waals surface area contributed by atoms with Crippen molar-refractivity contribution in [1.29, 1.82) is 0 Å². The Balaban J connectivity index is 1.55. The maximum absolute atomic E-state index is 12.9. The molecule has 2 aromatic rings. The third kappa shape index (κ3) is 3.68. The average Bonchev–Trinajstić information content (AvgIpc) is 3.14. The van der Waals surface area contributed by atoms with Crippen LogP contribution in [0.3, 0.4) is 0 Å². The van der Waals surface area contributed by atoms with Crippen molar-refractivity contribution < 1.29 is 23.2 Å². The van der Waals surface area contributed by atoms with E-state index in [1.54, 1.807) is 24.3 Å². The maximum atomic E-state index is 12.9. The predicted molar refractivity (Wildman–Crippen MR) is 85.7 cm³/mol. The van der Waals surface area contributed by atoms with Gasteiger partial charge in [0.2, 0.25) is 5.91 Å². The molecular formula is C17H16FN3O4. The third-order valence-corrected chi connectivity index (χ3v) is 3.78. The van der Waals surface area contributed by atoms with Gasteiger partial charge in [-0.25, -0.2) is 9.18 Å². The Morgan fingerprint density at radius 2 is 1.92 bits per heavy atom. The van der Waals surface area contributed by atoms with Gasteiger partial charge in [0.05, 0.1) is 6.54 Å². The number of urea groups is 1. The van der Waals surface area contributed by atoms with E-state index in [9.17, 15) is 18.8 Å². The molecule has 1 aromatic heterocycles. The van der Waals surface area contributed by atoms with Crippen LogP contribution in [0, 0.1) is 5.82 Å². The maximum Gasteiger partial charge on any atom is 0.327 e. The molecule has 0 radical (unpaired) electrons. The number of imide groups is 1. The summed E-state index contributed by atoms with van der Waals surface area (Å²) >= 11 is 0. The van der Waals surface area contributed by atoms with E-state index < -0.39 is 17.8 Å². The number of nitrogens with zero attached hydrogens (tertiary/aromatic N) is 2. The smallest absolute Gasteiger partial charge is 0.327 e. The molecular weight excluding hydrogens is 329 g/mol. The van der Waals surface area contributed by atoms with Crippen molar-refractivity contribution in [2.24, 2.45) is 0 Å². The van der Waals surface area contributed by atoms with Gasteiger partial charge in [-0.1, -0.05) is 0 Å². The van der Waals surface area contributed by atoms with E-state index in [1.165, 1.54) is 24.1 Å². The van der Waals surface area contributed by atoms with Crippen LogP contribution in [0.25, 0.3) is 11.3 Å². The molecule has 1 aliphatic rings. The zero-order valence-corrected chi connectivity index (χ0v) is 13.5. The molecule has 1 aromatic carbocycles. The molecule has 1 N–H and O–H groups in total. The van der Waals surface area contributed by atoms with Crippen molar-refractivity contribution in [1.82, 2.24) is 15.1 Å². The summed E-state index contributed by atoms with van der Waals surface area (Å²) in [6.45, 7) is -0.231. The number of nitrogens with one attached hydrogen (secondary N) is 1. The van der Waals surface area contributed by atoms with Crippen LogP contribution in [0.5, 0.6) is 0 Å². The Morgan fingerprint density at radius 3 is 2.56 bits per heavy atom. The quantitative estimate of drug-likeness (QED) is 0.835. The summed E-state index contributed by atoms with van der Waals surface area (Å²) in [5, 5.41) is 2.60. The molecule has 7 nitrogen and oxygen atoms in total. The van der Waals surface area contributed by atoms with E-state index in [2.05, 4.69) is 5.32 Å². The minimum atomic E-state index is -0.489. The molecule has 4 amide bonds. The number of benzene rings is 1. The van der Waals surface area contributed by atoms with Crippen molar-refractivity contribution in [3.05, 3.63) is 48.0 Å². The summed E-state index contributed by atoms with van der Waals surface area (Å²) in [6.07, 6.45) is 0. The molecule has 0 bridgehead atoms. The Hall–Kier alpha value is -3.16. The molecule has 25 heavy (non-hydrogen) atoms. The van der Waals surface area contributed by atoms with Crippen molar-refractivity contribution >= 4 is 17.8 Å². The van der Waals surface area contributed by atoms with Gasteiger partial charge in [0, 0.05) is 12.6 Å². The number of rotatable bonds is 5. The summed E-state index contributed by atoms with van der Waals surface area (Å²) in [5.41, 5.74) is 0.718.